The first-order valence-electron chi connectivity index (χ1n) is 3.23. The van der Waals surface area contributed by atoms with E-state index in [1.807, 2.05) is 0 Å². The highest BCUT2D eigenvalue weighted by Gasteiger charge is 2.42. The Labute approximate surface area is 68.3 Å². The molecule has 0 spiro atoms. The van der Waals surface area contributed by atoms with Crippen molar-refractivity contribution < 1.29 is 15.0 Å². The highest BCUT2D eigenvalue weighted by Crippen LogP contribution is 2.13. The van der Waals surface area contributed by atoms with Crippen molar-refractivity contribution in [3.05, 3.63) is 20.2 Å². The van der Waals surface area contributed by atoms with E-state index in [0.29, 0.717) is 0 Å². The average molecular weight is 178 g/mol. The van der Waals surface area contributed by atoms with Crippen molar-refractivity contribution >= 4 is 0 Å². The van der Waals surface area contributed by atoms with Gasteiger partial charge in [-0.3, -0.25) is 20.2 Å². The third-order valence-corrected chi connectivity index (χ3v) is 1.61. The van der Waals surface area contributed by atoms with Crippen LogP contribution in [0.2, 0.25) is 0 Å². The summed E-state index contributed by atoms with van der Waals surface area (Å²) in [5, 5.41) is 29.2. The second-order valence-electron chi connectivity index (χ2n) is 2.94. The summed E-state index contributed by atoms with van der Waals surface area (Å²) >= 11 is 0. The molecule has 0 radical (unpaired) electrons. The molecule has 0 aromatic heterocycles. The summed E-state index contributed by atoms with van der Waals surface area (Å²) in [6, 6.07) is 0. The van der Waals surface area contributed by atoms with Crippen LogP contribution in [0.1, 0.15) is 13.8 Å². The van der Waals surface area contributed by atoms with Crippen molar-refractivity contribution in [1.29, 1.82) is 0 Å². The zero-order valence-corrected chi connectivity index (χ0v) is 6.76. The Morgan fingerprint density at radius 1 is 1.42 bits per heavy atom. The molecule has 1 unspecified atom stereocenters. The molecule has 0 aliphatic heterocycles. The number of nitro groups is 2. The lowest BCUT2D eigenvalue weighted by Gasteiger charge is -2.18. The Morgan fingerprint density at radius 2 is 1.83 bits per heavy atom. The van der Waals surface area contributed by atoms with E-state index in [4.69, 9.17) is 5.11 Å². The number of rotatable bonds is 4. The number of aliphatic hydroxyl groups excluding tert-OH is 1. The average Bonchev–Trinajstić information content (AvgIpc) is 1.85. The summed E-state index contributed by atoms with van der Waals surface area (Å²) in [7, 11) is 0. The maximum atomic E-state index is 10.3. The molecule has 1 N–H and O–H groups in total. The lowest BCUT2D eigenvalue weighted by molar-refractivity contribution is -0.590. The number of aliphatic hydroxyl groups is 1. The van der Waals surface area contributed by atoms with Gasteiger partial charge in [0.1, 0.15) is 0 Å². The maximum Gasteiger partial charge on any atom is 0.248 e. The summed E-state index contributed by atoms with van der Waals surface area (Å²) < 4.78 is 0. The summed E-state index contributed by atoms with van der Waals surface area (Å²) in [6.07, 6.45) is -1.57. The van der Waals surface area contributed by atoms with Gasteiger partial charge in [-0.1, -0.05) is 0 Å². The fraction of sp³-hybridized carbons (Fsp3) is 1.00. The van der Waals surface area contributed by atoms with E-state index >= 15 is 0 Å². The van der Waals surface area contributed by atoms with Gasteiger partial charge in [0.2, 0.25) is 12.1 Å². The van der Waals surface area contributed by atoms with Crippen LogP contribution in [0.4, 0.5) is 0 Å². The monoisotopic (exact) mass is 178 g/mol. The van der Waals surface area contributed by atoms with E-state index < -0.39 is 28.0 Å². The van der Waals surface area contributed by atoms with E-state index in [1.165, 1.54) is 0 Å². The highest BCUT2D eigenvalue weighted by molar-refractivity contribution is 4.76. The molecule has 0 aromatic carbocycles. The summed E-state index contributed by atoms with van der Waals surface area (Å²) in [5.74, 6) is 0. The minimum atomic E-state index is -1.67. The molecule has 70 valence electrons. The maximum absolute atomic E-state index is 10.3. The van der Waals surface area contributed by atoms with Gasteiger partial charge in [0.15, 0.2) is 6.10 Å². The van der Waals surface area contributed by atoms with E-state index in [1.54, 1.807) is 0 Å². The van der Waals surface area contributed by atoms with Gasteiger partial charge in [-0.05, 0) is 0 Å². The summed E-state index contributed by atoms with van der Waals surface area (Å²) in [6.45, 7) is 1.47. The van der Waals surface area contributed by atoms with Crippen molar-refractivity contribution in [2.75, 3.05) is 6.54 Å². The Morgan fingerprint density at radius 3 is 2.08 bits per heavy atom. The molecule has 1 atom stereocenters. The Balaban J connectivity index is 4.35. The van der Waals surface area contributed by atoms with Crippen molar-refractivity contribution in [2.45, 2.75) is 25.5 Å². The first-order valence-corrected chi connectivity index (χ1v) is 3.23. The standard InChI is InChI=1S/C5H10N2O5/c1-5(2,7(11)12)4(8)3-6(9)10/h4,8H,3H2,1-2H3. The minimum absolute atomic E-state index is 0.735. The molecule has 0 bridgehead atoms. The predicted octanol–water partition coefficient (Wildman–Crippen LogP) is -0.321. The normalized spacial score (nSPS) is 13.9. The predicted molar refractivity (Wildman–Crippen MR) is 38.9 cm³/mol. The third-order valence-electron chi connectivity index (χ3n) is 1.61. The van der Waals surface area contributed by atoms with Gasteiger partial charge in [-0.15, -0.1) is 0 Å². The number of hydrogen-bond acceptors (Lipinski definition) is 5. The minimum Gasteiger partial charge on any atom is -0.380 e. The van der Waals surface area contributed by atoms with E-state index in [-0.39, 0.29) is 0 Å². The fourth-order valence-corrected chi connectivity index (χ4v) is 0.486. The van der Waals surface area contributed by atoms with Crippen LogP contribution < -0.4 is 0 Å². The smallest absolute Gasteiger partial charge is 0.248 e. The highest BCUT2D eigenvalue weighted by atomic mass is 16.6. The topological polar surface area (TPSA) is 107 Å². The zero-order chi connectivity index (χ0) is 9.94. The number of nitrogens with zero attached hydrogens (tertiary/aromatic N) is 2. The van der Waals surface area contributed by atoms with Crippen LogP contribution in [-0.4, -0.2) is 33.1 Å². The quantitative estimate of drug-likeness (QED) is 0.469. The second-order valence-corrected chi connectivity index (χ2v) is 2.94. The van der Waals surface area contributed by atoms with Crippen LogP contribution in [-0.2, 0) is 0 Å². The molecule has 7 nitrogen and oxygen atoms in total. The van der Waals surface area contributed by atoms with Crippen LogP contribution >= 0.6 is 0 Å². The van der Waals surface area contributed by atoms with Crippen LogP contribution in [0.25, 0.3) is 0 Å². The molecule has 0 heterocycles. The summed E-state index contributed by atoms with van der Waals surface area (Å²) in [4.78, 5) is 18.7. The second kappa shape index (κ2) is 3.44. The van der Waals surface area contributed by atoms with Gasteiger partial charge in [-0.25, -0.2) is 0 Å². The molecule has 0 saturated carbocycles. The van der Waals surface area contributed by atoms with Gasteiger partial charge < -0.3 is 5.11 Å². The van der Waals surface area contributed by atoms with E-state index in [0.717, 1.165) is 13.8 Å². The molecule has 0 aromatic rings. The molecule has 0 rings (SSSR count). The lowest BCUT2D eigenvalue weighted by Crippen LogP contribution is -2.47. The molecule has 7 heteroatoms. The molecular formula is C5H10N2O5. The van der Waals surface area contributed by atoms with Gasteiger partial charge in [0.05, 0.1) is 0 Å². The summed E-state index contributed by atoms with van der Waals surface area (Å²) in [5.41, 5.74) is -1.67. The molecule has 0 fully saturated rings. The number of hydrogen-bond donors (Lipinski definition) is 1. The first-order chi connectivity index (χ1) is 5.28. The molecular weight excluding hydrogens is 168 g/mol. The van der Waals surface area contributed by atoms with E-state index in [2.05, 4.69) is 0 Å². The van der Waals surface area contributed by atoms with Gasteiger partial charge in [0.25, 0.3) is 0 Å². The molecule has 0 saturated heterocycles. The molecule has 0 aliphatic carbocycles. The van der Waals surface area contributed by atoms with Crippen LogP contribution in [0.15, 0.2) is 0 Å². The van der Waals surface area contributed by atoms with Crippen molar-refractivity contribution in [2.24, 2.45) is 0 Å². The van der Waals surface area contributed by atoms with Crippen LogP contribution in [0.3, 0.4) is 0 Å². The molecule has 0 amide bonds. The van der Waals surface area contributed by atoms with Crippen LogP contribution in [0, 0.1) is 20.2 Å². The third kappa shape index (κ3) is 2.42. The largest absolute Gasteiger partial charge is 0.380 e. The molecule has 0 aliphatic rings. The fourth-order valence-electron chi connectivity index (χ4n) is 0.486. The zero-order valence-electron chi connectivity index (χ0n) is 6.76. The molecule has 12 heavy (non-hydrogen) atoms. The van der Waals surface area contributed by atoms with Crippen molar-refractivity contribution in [3.63, 3.8) is 0 Å². The SMILES string of the molecule is CC(C)(C(O)C[N+](=O)[O-])[N+](=O)[O-]. The van der Waals surface area contributed by atoms with Gasteiger partial charge in [-0.2, -0.15) is 0 Å². The first kappa shape index (κ1) is 10.8. The Bertz CT molecular complexity index is 202. The van der Waals surface area contributed by atoms with Gasteiger partial charge >= 0.3 is 0 Å². The van der Waals surface area contributed by atoms with Gasteiger partial charge in [0, 0.05) is 23.7 Å². The van der Waals surface area contributed by atoms with Crippen molar-refractivity contribution in [3.8, 4) is 0 Å². The lowest BCUT2D eigenvalue weighted by atomic mass is 9.99. The van der Waals surface area contributed by atoms with E-state index in [9.17, 15) is 20.2 Å². The van der Waals surface area contributed by atoms with Crippen LogP contribution in [0.5, 0.6) is 0 Å². The Hall–Kier alpha value is -1.24. The van der Waals surface area contributed by atoms with Crippen molar-refractivity contribution in [1.82, 2.24) is 0 Å². The Kier molecular flexibility index (Phi) is 3.08.